The van der Waals surface area contributed by atoms with Crippen LogP contribution in [-0.2, 0) is 11.0 Å². The van der Waals surface area contributed by atoms with E-state index in [9.17, 15) is 13.9 Å². The maximum Gasteiger partial charge on any atom is 0.247 e. The summed E-state index contributed by atoms with van der Waals surface area (Å²) < 4.78 is 34.7. The van der Waals surface area contributed by atoms with Crippen molar-refractivity contribution in [1.29, 1.82) is 0 Å². The smallest absolute Gasteiger partial charge is 0.247 e. The number of halogens is 2. The molecule has 36 heavy (non-hydrogen) atoms. The van der Waals surface area contributed by atoms with E-state index in [1.165, 1.54) is 24.4 Å². The molecule has 3 heterocycles. The number of aliphatic hydroxyl groups is 1. The van der Waals surface area contributed by atoms with Crippen molar-refractivity contribution in [3.63, 3.8) is 0 Å². The maximum atomic E-state index is 14.5. The van der Waals surface area contributed by atoms with E-state index in [4.69, 9.17) is 9.40 Å². The average molecular weight is 490 g/mol. The highest BCUT2D eigenvalue weighted by Crippen LogP contribution is 2.64. The van der Waals surface area contributed by atoms with E-state index in [-0.39, 0.29) is 23.1 Å². The lowest BCUT2D eigenvalue weighted by molar-refractivity contribution is 0.0548. The molecule has 2 unspecified atom stereocenters. The van der Waals surface area contributed by atoms with Gasteiger partial charge in [-0.15, -0.1) is 5.10 Å². The Morgan fingerprint density at radius 3 is 2.53 bits per heavy atom. The second-order valence-electron chi connectivity index (χ2n) is 10.6. The molecule has 0 radical (unpaired) electrons. The van der Waals surface area contributed by atoms with E-state index in [1.807, 2.05) is 0 Å². The van der Waals surface area contributed by atoms with Crippen molar-refractivity contribution in [3.05, 3.63) is 77.2 Å². The van der Waals surface area contributed by atoms with Crippen LogP contribution < -0.4 is 0 Å². The van der Waals surface area contributed by atoms with E-state index in [2.05, 4.69) is 34.0 Å². The minimum Gasteiger partial charge on any atom is -0.437 e. The fraction of sp³-hybridized carbons (Fsp3) is 0.370. The minimum absolute atomic E-state index is 0.168. The first kappa shape index (κ1) is 22.8. The fourth-order valence-electron chi connectivity index (χ4n) is 5.53. The fourth-order valence-corrected chi connectivity index (χ4v) is 5.53. The zero-order valence-corrected chi connectivity index (χ0v) is 20.3. The molecular weight excluding hydrogens is 464 g/mol. The summed E-state index contributed by atoms with van der Waals surface area (Å²) in [7, 11) is 0. The van der Waals surface area contributed by atoms with Crippen LogP contribution in [0.4, 0.5) is 8.78 Å². The third-order valence-corrected chi connectivity index (χ3v) is 7.66. The summed E-state index contributed by atoms with van der Waals surface area (Å²) in [4.78, 5) is 13.5. The van der Waals surface area contributed by atoms with Crippen molar-refractivity contribution in [1.82, 2.24) is 25.1 Å². The van der Waals surface area contributed by atoms with Gasteiger partial charge in [-0.2, -0.15) is 5.10 Å². The summed E-state index contributed by atoms with van der Waals surface area (Å²) in [6.07, 6.45) is 5.54. The van der Waals surface area contributed by atoms with Gasteiger partial charge in [0, 0.05) is 6.20 Å². The number of rotatable bonds is 4. The zero-order chi connectivity index (χ0) is 25.4. The zero-order valence-electron chi connectivity index (χ0n) is 20.3. The molecule has 0 bridgehead atoms. The Morgan fingerprint density at radius 1 is 1.08 bits per heavy atom. The van der Waals surface area contributed by atoms with Crippen molar-refractivity contribution in [2.45, 2.75) is 51.0 Å². The molecule has 7 nitrogen and oxygen atoms in total. The Bertz CT molecular complexity index is 1480. The first-order chi connectivity index (χ1) is 17.1. The molecule has 3 aromatic heterocycles. The van der Waals surface area contributed by atoms with Crippen LogP contribution in [0.5, 0.6) is 0 Å². The maximum absolute atomic E-state index is 14.5. The van der Waals surface area contributed by atoms with Crippen molar-refractivity contribution in [2.24, 2.45) is 11.8 Å². The lowest BCUT2D eigenvalue weighted by atomic mass is 9.72. The molecule has 1 aromatic carbocycles. The Labute approximate surface area is 206 Å². The van der Waals surface area contributed by atoms with Gasteiger partial charge in [0.05, 0.1) is 40.5 Å². The molecule has 9 heteroatoms. The average Bonchev–Trinajstić information content (AvgIpc) is 3.23. The molecule has 4 aromatic rings. The summed E-state index contributed by atoms with van der Waals surface area (Å²) in [5.74, 6) is 0.303. The van der Waals surface area contributed by atoms with E-state index >= 15 is 0 Å². The minimum atomic E-state index is -1.17. The second kappa shape index (κ2) is 7.70. The van der Waals surface area contributed by atoms with Gasteiger partial charge in [-0.05, 0) is 68.7 Å². The van der Waals surface area contributed by atoms with Crippen LogP contribution in [0.1, 0.15) is 62.7 Å². The number of aromatic nitrogens is 5. The lowest BCUT2D eigenvalue weighted by Crippen LogP contribution is -2.32. The number of oxazole rings is 1. The van der Waals surface area contributed by atoms with Gasteiger partial charge >= 0.3 is 0 Å². The Kier molecular flexibility index (Phi) is 4.89. The number of benzene rings is 1. The van der Waals surface area contributed by atoms with Gasteiger partial charge in [0.1, 0.15) is 22.9 Å². The first-order valence-corrected chi connectivity index (χ1v) is 11.9. The van der Waals surface area contributed by atoms with E-state index in [1.54, 1.807) is 32.3 Å². The highest BCUT2D eigenvalue weighted by Gasteiger charge is 2.58. The van der Waals surface area contributed by atoms with E-state index in [0.29, 0.717) is 29.0 Å². The summed E-state index contributed by atoms with van der Waals surface area (Å²) in [5, 5.41) is 19.0. The topological polar surface area (TPSA) is 97.8 Å². The predicted molar refractivity (Wildman–Crippen MR) is 127 cm³/mol. The Balaban J connectivity index is 1.45. The van der Waals surface area contributed by atoms with Crippen LogP contribution in [0.2, 0.25) is 0 Å². The molecule has 0 amide bonds. The Morgan fingerprint density at radius 2 is 1.83 bits per heavy atom. The Hall–Kier alpha value is -3.59. The molecule has 184 valence electrons. The van der Waals surface area contributed by atoms with Crippen LogP contribution in [0.3, 0.4) is 0 Å². The second-order valence-corrected chi connectivity index (χ2v) is 10.6. The van der Waals surface area contributed by atoms with Gasteiger partial charge < -0.3 is 9.52 Å². The quantitative estimate of drug-likeness (QED) is 0.423. The summed E-state index contributed by atoms with van der Waals surface area (Å²) in [5.41, 5.74) is 1.03. The van der Waals surface area contributed by atoms with Gasteiger partial charge in [0.25, 0.3) is 0 Å². The largest absolute Gasteiger partial charge is 0.437 e. The van der Waals surface area contributed by atoms with Gasteiger partial charge in [-0.1, -0.05) is 13.0 Å². The molecule has 2 aliphatic carbocycles. The van der Waals surface area contributed by atoms with Crippen LogP contribution >= 0.6 is 0 Å². The van der Waals surface area contributed by atoms with Crippen LogP contribution in [0.25, 0.3) is 22.8 Å². The molecule has 1 N–H and O–H groups in total. The molecule has 1 saturated carbocycles. The van der Waals surface area contributed by atoms with Crippen molar-refractivity contribution in [3.8, 4) is 22.8 Å². The summed E-state index contributed by atoms with van der Waals surface area (Å²) in [6, 6.07) is 5.56. The molecule has 0 spiro atoms. The molecule has 6 rings (SSSR count). The number of fused-ring (bicyclic) bond motifs is 3. The SMILES string of the molecule is CC1C2C[C@](C)(c3cncc(-c4ncc(C(C)(C)O)o4)n3)c3nnc(-c4c(F)cccc4F)cc3[C@@H]12. The summed E-state index contributed by atoms with van der Waals surface area (Å²) >= 11 is 0. The summed E-state index contributed by atoms with van der Waals surface area (Å²) in [6.45, 7) is 7.47. The van der Waals surface area contributed by atoms with Crippen LogP contribution in [0.15, 0.2) is 47.3 Å². The third-order valence-electron chi connectivity index (χ3n) is 7.66. The first-order valence-electron chi connectivity index (χ1n) is 11.9. The lowest BCUT2D eigenvalue weighted by Gasteiger charge is -2.33. The number of nitrogens with zero attached hydrogens (tertiary/aromatic N) is 5. The van der Waals surface area contributed by atoms with Gasteiger partial charge in [0.2, 0.25) is 5.89 Å². The number of hydrogen-bond acceptors (Lipinski definition) is 7. The molecule has 1 fully saturated rings. The van der Waals surface area contributed by atoms with Crippen LogP contribution in [0, 0.1) is 23.5 Å². The molecule has 0 aliphatic heterocycles. The van der Waals surface area contributed by atoms with Gasteiger partial charge in [-0.25, -0.2) is 18.7 Å². The highest BCUT2D eigenvalue weighted by atomic mass is 19.1. The van der Waals surface area contributed by atoms with Gasteiger partial charge in [0.15, 0.2) is 5.76 Å². The van der Waals surface area contributed by atoms with Crippen LogP contribution in [-0.4, -0.2) is 30.3 Å². The van der Waals surface area contributed by atoms with Crippen molar-refractivity contribution in [2.75, 3.05) is 0 Å². The highest BCUT2D eigenvalue weighted by molar-refractivity contribution is 5.63. The standard InChI is InChI=1S/C27H25F2N5O2/c1-13-15-9-27(4,20-11-30-10-19(32-20)25-31-12-21(36-25)26(2,3)35)24-14(22(13)15)8-18(33-34-24)23-16(28)6-5-7-17(23)29/h5-8,10-13,15,22,35H,9H2,1-4H3/t13?,15?,22-,27-/m1/s1. The van der Waals surface area contributed by atoms with Gasteiger partial charge in [-0.3, -0.25) is 4.98 Å². The van der Waals surface area contributed by atoms with E-state index in [0.717, 1.165) is 17.7 Å². The van der Waals surface area contributed by atoms with Crippen molar-refractivity contribution < 1.29 is 18.3 Å². The molecule has 0 saturated heterocycles. The van der Waals surface area contributed by atoms with Crippen molar-refractivity contribution >= 4 is 0 Å². The normalized spacial score (nSPS) is 24.8. The molecule has 4 atom stereocenters. The third kappa shape index (κ3) is 3.44. The predicted octanol–water partition coefficient (Wildman–Crippen LogP) is 5.15. The molecule has 2 aliphatic rings. The monoisotopic (exact) mass is 489 g/mol. The number of hydrogen-bond donors (Lipinski definition) is 1. The van der Waals surface area contributed by atoms with E-state index < -0.39 is 22.7 Å². The molecular formula is C27H25F2N5O2.